The Bertz CT molecular complexity index is 571. The SMILES string of the molecule is CS(=O)(=O)c1cccc2c1NCC1COCCN21. The van der Waals surface area contributed by atoms with Crippen molar-refractivity contribution in [1.82, 2.24) is 0 Å². The van der Waals surface area contributed by atoms with E-state index in [9.17, 15) is 8.42 Å². The van der Waals surface area contributed by atoms with Crippen molar-refractivity contribution in [3.05, 3.63) is 18.2 Å². The Morgan fingerprint density at radius 1 is 1.44 bits per heavy atom. The van der Waals surface area contributed by atoms with Crippen LogP contribution in [0.5, 0.6) is 0 Å². The zero-order valence-corrected chi connectivity index (χ0v) is 11.0. The van der Waals surface area contributed by atoms with E-state index >= 15 is 0 Å². The average Bonchev–Trinajstić information content (AvgIpc) is 2.36. The van der Waals surface area contributed by atoms with E-state index in [-0.39, 0.29) is 0 Å². The topological polar surface area (TPSA) is 58.6 Å². The normalized spacial score (nSPS) is 22.9. The van der Waals surface area contributed by atoms with Crippen LogP contribution < -0.4 is 10.2 Å². The zero-order chi connectivity index (χ0) is 12.8. The van der Waals surface area contributed by atoms with E-state index < -0.39 is 9.84 Å². The molecular formula is C12H16N2O3S. The smallest absolute Gasteiger partial charge is 0.177 e. The van der Waals surface area contributed by atoms with Crippen LogP contribution in [0.3, 0.4) is 0 Å². The van der Waals surface area contributed by atoms with Crippen LogP contribution in [0.4, 0.5) is 11.4 Å². The van der Waals surface area contributed by atoms with E-state index in [2.05, 4.69) is 10.2 Å². The van der Waals surface area contributed by atoms with Gasteiger partial charge in [-0.15, -0.1) is 0 Å². The number of fused-ring (bicyclic) bond motifs is 3. The van der Waals surface area contributed by atoms with Gasteiger partial charge in [0.2, 0.25) is 0 Å². The standard InChI is InChI=1S/C12H16N2O3S/c1-18(15,16)11-4-2-3-10-12(11)13-7-9-8-17-6-5-14(9)10/h2-4,9,13H,5-8H2,1H3. The van der Waals surface area contributed by atoms with Crippen LogP contribution in [-0.2, 0) is 14.6 Å². The third-order valence-electron chi connectivity index (χ3n) is 3.46. The minimum absolute atomic E-state index is 0.293. The molecule has 2 heterocycles. The highest BCUT2D eigenvalue weighted by Gasteiger charge is 2.31. The summed E-state index contributed by atoms with van der Waals surface area (Å²) in [6.45, 7) is 2.92. The molecule has 1 aromatic carbocycles. The molecule has 2 aliphatic rings. The number of benzene rings is 1. The highest BCUT2D eigenvalue weighted by Crippen LogP contribution is 2.37. The van der Waals surface area contributed by atoms with Crippen molar-refractivity contribution < 1.29 is 13.2 Å². The molecule has 6 heteroatoms. The van der Waals surface area contributed by atoms with Crippen LogP contribution in [-0.4, -0.2) is 47.0 Å². The van der Waals surface area contributed by atoms with E-state index in [1.165, 1.54) is 6.26 Å². The summed E-state index contributed by atoms with van der Waals surface area (Å²) in [6.07, 6.45) is 1.25. The summed E-state index contributed by atoms with van der Waals surface area (Å²) in [5.74, 6) is 0. The van der Waals surface area contributed by atoms with Crippen molar-refractivity contribution >= 4 is 21.2 Å². The lowest BCUT2D eigenvalue weighted by Crippen LogP contribution is -2.51. The maximum Gasteiger partial charge on any atom is 0.177 e. The molecule has 18 heavy (non-hydrogen) atoms. The number of ether oxygens (including phenoxy) is 1. The van der Waals surface area contributed by atoms with E-state index in [1.54, 1.807) is 12.1 Å². The summed E-state index contributed by atoms with van der Waals surface area (Å²) in [5.41, 5.74) is 1.70. The summed E-state index contributed by atoms with van der Waals surface area (Å²) < 4.78 is 29.0. The van der Waals surface area contributed by atoms with Gasteiger partial charge in [0, 0.05) is 19.3 Å². The summed E-state index contributed by atoms with van der Waals surface area (Å²) in [6, 6.07) is 5.71. The lowest BCUT2D eigenvalue weighted by Gasteiger charge is -2.42. The monoisotopic (exact) mass is 268 g/mol. The molecule has 1 N–H and O–H groups in total. The molecule has 1 saturated heterocycles. The molecule has 0 spiro atoms. The number of nitrogens with one attached hydrogen (secondary N) is 1. The highest BCUT2D eigenvalue weighted by atomic mass is 32.2. The van der Waals surface area contributed by atoms with Crippen molar-refractivity contribution in [2.75, 3.05) is 42.8 Å². The Kier molecular flexibility index (Phi) is 2.71. The fraction of sp³-hybridized carbons (Fsp3) is 0.500. The fourth-order valence-electron chi connectivity index (χ4n) is 2.61. The third kappa shape index (κ3) is 1.85. The van der Waals surface area contributed by atoms with Crippen molar-refractivity contribution in [2.24, 2.45) is 0 Å². The molecule has 98 valence electrons. The second kappa shape index (κ2) is 4.13. The van der Waals surface area contributed by atoms with Gasteiger partial charge < -0.3 is 15.0 Å². The summed E-state index contributed by atoms with van der Waals surface area (Å²) in [7, 11) is -3.20. The number of hydrogen-bond acceptors (Lipinski definition) is 5. The Labute approximate surface area is 107 Å². The van der Waals surface area contributed by atoms with Crippen molar-refractivity contribution in [3.63, 3.8) is 0 Å². The molecule has 0 bridgehead atoms. The van der Waals surface area contributed by atoms with Gasteiger partial charge in [-0.3, -0.25) is 0 Å². The Balaban J connectivity index is 2.11. The van der Waals surface area contributed by atoms with Crippen LogP contribution in [0.1, 0.15) is 0 Å². The number of hydrogen-bond donors (Lipinski definition) is 1. The van der Waals surface area contributed by atoms with Crippen LogP contribution in [0.2, 0.25) is 0 Å². The number of rotatable bonds is 1. The lowest BCUT2D eigenvalue weighted by molar-refractivity contribution is 0.0963. The molecular weight excluding hydrogens is 252 g/mol. The average molecular weight is 268 g/mol. The van der Waals surface area contributed by atoms with Gasteiger partial charge in [-0.2, -0.15) is 0 Å². The van der Waals surface area contributed by atoms with Gasteiger partial charge in [-0.25, -0.2) is 8.42 Å². The maximum absolute atomic E-state index is 11.8. The molecule has 3 rings (SSSR count). The van der Waals surface area contributed by atoms with Gasteiger partial charge >= 0.3 is 0 Å². The molecule has 1 fully saturated rings. The predicted molar refractivity (Wildman–Crippen MR) is 70.0 cm³/mol. The maximum atomic E-state index is 11.8. The van der Waals surface area contributed by atoms with Crippen molar-refractivity contribution in [1.29, 1.82) is 0 Å². The van der Waals surface area contributed by atoms with Gasteiger partial charge in [0.1, 0.15) is 0 Å². The minimum atomic E-state index is -3.20. The van der Waals surface area contributed by atoms with Gasteiger partial charge in [0.05, 0.1) is 35.5 Å². The van der Waals surface area contributed by atoms with E-state index in [0.717, 1.165) is 24.5 Å². The molecule has 0 saturated carbocycles. The third-order valence-corrected chi connectivity index (χ3v) is 4.59. The Morgan fingerprint density at radius 3 is 3.06 bits per heavy atom. The second-order valence-corrected chi connectivity index (χ2v) is 6.71. The van der Waals surface area contributed by atoms with E-state index in [4.69, 9.17) is 4.74 Å². The number of sulfone groups is 1. The van der Waals surface area contributed by atoms with Crippen LogP contribution in [0, 0.1) is 0 Å². The first-order chi connectivity index (χ1) is 8.57. The quantitative estimate of drug-likeness (QED) is 0.813. The van der Waals surface area contributed by atoms with Gasteiger partial charge in [-0.1, -0.05) is 6.07 Å². The number of anilines is 2. The highest BCUT2D eigenvalue weighted by molar-refractivity contribution is 7.90. The first kappa shape index (κ1) is 11.8. The van der Waals surface area contributed by atoms with Gasteiger partial charge in [-0.05, 0) is 12.1 Å². The second-order valence-electron chi connectivity index (χ2n) is 4.73. The van der Waals surface area contributed by atoms with E-state index in [0.29, 0.717) is 24.2 Å². The fourth-order valence-corrected chi connectivity index (χ4v) is 3.48. The summed E-state index contributed by atoms with van der Waals surface area (Å²) in [4.78, 5) is 2.62. The number of nitrogens with zero attached hydrogens (tertiary/aromatic N) is 1. The molecule has 5 nitrogen and oxygen atoms in total. The first-order valence-electron chi connectivity index (χ1n) is 5.99. The molecule has 0 radical (unpaired) electrons. The number of morpholine rings is 1. The van der Waals surface area contributed by atoms with Crippen molar-refractivity contribution in [3.8, 4) is 0 Å². The molecule has 1 atom stereocenters. The zero-order valence-electron chi connectivity index (χ0n) is 10.2. The molecule has 1 aromatic rings. The van der Waals surface area contributed by atoms with Gasteiger partial charge in [0.25, 0.3) is 0 Å². The number of para-hydroxylation sites is 1. The van der Waals surface area contributed by atoms with Crippen molar-refractivity contribution in [2.45, 2.75) is 10.9 Å². The van der Waals surface area contributed by atoms with Crippen LogP contribution in [0.15, 0.2) is 23.1 Å². The molecule has 0 amide bonds. The van der Waals surface area contributed by atoms with E-state index in [1.807, 2.05) is 6.07 Å². The molecule has 2 aliphatic heterocycles. The summed E-state index contributed by atoms with van der Waals surface area (Å²) in [5, 5.41) is 3.24. The largest absolute Gasteiger partial charge is 0.380 e. The molecule has 0 aromatic heterocycles. The van der Waals surface area contributed by atoms with Crippen LogP contribution in [0.25, 0.3) is 0 Å². The predicted octanol–water partition coefficient (Wildman–Crippen LogP) is 0.721. The van der Waals surface area contributed by atoms with Crippen LogP contribution >= 0.6 is 0 Å². The van der Waals surface area contributed by atoms with Gasteiger partial charge in [0.15, 0.2) is 9.84 Å². The summed E-state index contributed by atoms with van der Waals surface area (Å²) >= 11 is 0. The first-order valence-corrected chi connectivity index (χ1v) is 7.88. The molecule has 0 aliphatic carbocycles. The Morgan fingerprint density at radius 2 is 2.28 bits per heavy atom. The lowest BCUT2D eigenvalue weighted by atomic mass is 10.1. The minimum Gasteiger partial charge on any atom is -0.380 e. The Hall–Kier alpha value is -1.27. The molecule has 1 unspecified atom stereocenters.